The van der Waals surface area contributed by atoms with Crippen molar-refractivity contribution in [3.05, 3.63) is 12.3 Å². The number of ether oxygens (including phenoxy) is 1. The second-order valence-corrected chi connectivity index (χ2v) is 3.60. The van der Waals surface area contributed by atoms with Gasteiger partial charge >= 0.3 is 6.16 Å². The molecule has 6 heteroatoms. The van der Waals surface area contributed by atoms with E-state index in [1.807, 2.05) is 18.7 Å². The van der Waals surface area contributed by atoms with Crippen molar-refractivity contribution in [3.63, 3.8) is 0 Å². The molecule has 1 fully saturated rings. The van der Waals surface area contributed by atoms with E-state index < -0.39 is 6.16 Å². The van der Waals surface area contributed by atoms with Crippen molar-refractivity contribution < 1.29 is 19.7 Å². The lowest BCUT2D eigenvalue weighted by atomic mass is 10.5. The van der Waals surface area contributed by atoms with Gasteiger partial charge in [-0.25, -0.2) is 4.79 Å². The van der Waals surface area contributed by atoms with Crippen LogP contribution in [0.5, 0.6) is 0 Å². The van der Waals surface area contributed by atoms with Crippen LogP contribution in [0.4, 0.5) is 4.79 Å². The first-order valence-electron chi connectivity index (χ1n) is 4.16. The maximum Gasteiger partial charge on any atom is 0.503 e. The minimum atomic E-state index is -1.83. The molecule has 1 unspecified atom stereocenters. The average Bonchev–Trinajstić information content (AvgIpc) is 2.55. The Bertz CT molecular complexity index is 188. The Hall–Kier alpha value is -0.880. The van der Waals surface area contributed by atoms with Gasteiger partial charge in [0.05, 0.1) is 6.61 Å². The van der Waals surface area contributed by atoms with Gasteiger partial charge in [0.1, 0.15) is 11.1 Å². The lowest BCUT2D eigenvalue weighted by Crippen LogP contribution is -2.22. The van der Waals surface area contributed by atoms with E-state index in [0.29, 0.717) is 5.37 Å². The molecule has 0 aromatic carbocycles. The van der Waals surface area contributed by atoms with Gasteiger partial charge < -0.3 is 14.9 Å². The third-order valence-electron chi connectivity index (χ3n) is 1.34. The quantitative estimate of drug-likeness (QED) is 0.625. The monoisotopic (exact) mass is 221 g/mol. The molecular formula is C8H15NO4S. The van der Waals surface area contributed by atoms with Gasteiger partial charge in [-0.1, -0.05) is 6.58 Å². The SMILES string of the molecule is C=C(OCC)C1NCCS1.O=C(O)O. The summed E-state index contributed by atoms with van der Waals surface area (Å²) < 4.78 is 5.25. The Morgan fingerprint density at radius 3 is 2.64 bits per heavy atom. The Labute approximate surface area is 87.1 Å². The van der Waals surface area contributed by atoms with Crippen LogP contribution in [-0.2, 0) is 4.74 Å². The number of thioether (sulfide) groups is 1. The summed E-state index contributed by atoms with van der Waals surface area (Å²) in [7, 11) is 0. The van der Waals surface area contributed by atoms with Crippen LogP contribution in [0.25, 0.3) is 0 Å². The molecule has 0 radical (unpaired) electrons. The zero-order chi connectivity index (χ0) is 11.0. The summed E-state index contributed by atoms with van der Waals surface area (Å²) in [4.78, 5) is 8.56. The fourth-order valence-electron chi connectivity index (χ4n) is 0.894. The van der Waals surface area contributed by atoms with Crippen LogP contribution < -0.4 is 5.32 Å². The first-order chi connectivity index (χ1) is 6.57. The lowest BCUT2D eigenvalue weighted by molar-refractivity contribution is 0.137. The smallest absolute Gasteiger partial charge is 0.496 e. The fraction of sp³-hybridized carbons (Fsp3) is 0.625. The molecule has 0 aromatic rings. The van der Waals surface area contributed by atoms with E-state index in [-0.39, 0.29) is 0 Å². The number of carbonyl (C=O) groups is 1. The molecule has 1 aliphatic rings. The van der Waals surface area contributed by atoms with E-state index in [1.165, 1.54) is 0 Å². The highest BCUT2D eigenvalue weighted by molar-refractivity contribution is 8.00. The molecule has 0 spiro atoms. The summed E-state index contributed by atoms with van der Waals surface area (Å²) in [5.41, 5.74) is 0. The number of hydrogen-bond acceptors (Lipinski definition) is 4. The summed E-state index contributed by atoms with van der Waals surface area (Å²) in [6, 6.07) is 0. The van der Waals surface area contributed by atoms with Gasteiger partial charge in [0.15, 0.2) is 0 Å². The number of hydrogen-bond donors (Lipinski definition) is 3. The van der Waals surface area contributed by atoms with Crippen molar-refractivity contribution in [3.8, 4) is 0 Å². The molecule has 0 saturated carbocycles. The van der Waals surface area contributed by atoms with Crippen LogP contribution >= 0.6 is 11.8 Å². The van der Waals surface area contributed by atoms with E-state index in [0.717, 1.165) is 24.7 Å². The summed E-state index contributed by atoms with van der Waals surface area (Å²) in [6.07, 6.45) is -1.83. The van der Waals surface area contributed by atoms with Crippen LogP contribution in [0.15, 0.2) is 12.3 Å². The molecule has 1 saturated heterocycles. The van der Waals surface area contributed by atoms with Crippen molar-refractivity contribution in [1.82, 2.24) is 5.32 Å². The molecule has 82 valence electrons. The number of carboxylic acid groups (broad SMARTS) is 2. The van der Waals surface area contributed by atoms with Gasteiger partial charge in [0.25, 0.3) is 0 Å². The van der Waals surface area contributed by atoms with Gasteiger partial charge in [0, 0.05) is 12.3 Å². The molecule has 5 nitrogen and oxygen atoms in total. The number of rotatable bonds is 3. The van der Waals surface area contributed by atoms with Crippen molar-refractivity contribution >= 4 is 17.9 Å². The maximum absolute atomic E-state index is 8.56. The van der Waals surface area contributed by atoms with E-state index >= 15 is 0 Å². The highest BCUT2D eigenvalue weighted by Crippen LogP contribution is 2.20. The highest BCUT2D eigenvalue weighted by Gasteiger charge is 2.17. The van der Waals surface area contributed by atoms with Gasteiger partial charge in [-0.05, 0) is 6.92 Å². The molecule has 1 rings (SSSR count). The molecule has 1 aliphatic heterocycles. The van der Waals surface area contributed by atoms with Gasteiger partial charge in [-0.15, -0.1) is 11.8 Å². The standard InChI is InChI=1S/C7H13NOS.CH2O3/c1-3-9-6(2)7-8-4-5-10-7;2-1(3)4/h7-8H,2-5H2,1H3;(H2,2,3,4). The van der Waals surface area contributed by atoms with Crippen LogP contribution in [0.3, 0.4) is 0 Å². The normalized spacial score (nSPS) is 19.4. The van der Waals surface area contributed by atoms with Gasteiger partial charge in [-0.2, -0.15) is 0 Å². The fourth-order valence-corrected chi connectivity index (χ4v) is 1.85. The predicted octanol–water partition coefficient (Wildman–Crippen LogP) is 1.42. The van der Waals surface area contributed by atoms with E-state index in [2.05, 4.69) is 11.9 Å². The average molecular weight is 221 g/mol. The zero-order valence-electron chi connectivity index (χ0n) is 8.02. The lowest BCUT2D eigenvalue weighted by Gasteiger charge is -2.12. The highest BCUT2D eigenvalue weighted by atomic mass is 32.2. The minimum Gasteiger partial charge on any atom is -0.496 e. The maximum atomic E-state index is 8.56. The van der Waals surface area contributed by atoms with Crippen LogP contribution in [0, 0.1) is 0 Å². The number of nitrogens with one attached hydrogen (secondary N) is 1. The third-order valence-corrected chi connectivity index (χ3v) is 2.54. The zero-order valence-corrected chi connectivity index (χ0v) is 8.84. The largest absolute Gasteiger partial charge is 0.503 e. The third kappa shape index (κ3) is 6.62. The molecule has 1 heterocycles. The van der Waals surface area contributed by atoms with Crippen LogP contribution in [0.2, 0.25) is 0 Å². The van der Waals surface area contributed by atoms with E-state index in [1.54, 1.807) is 0 Å². The Morgan fingerprint density at radius 2 is 2.29 bits per heavy atom. The van der Waals surface area contributed by atoms with Crippen LogP contribution in [0.1, 0.15) is 6.92 Å². The molecule has 3 N–H and O–H groups in total. The molecule has 0 aliphatic carbocycles. The molecule has 1 atom stereocenters. The summed E-state index contributed by atoms with van der Waals surface area (Å²) in [6.45, 7) is 7.59. The minimum absolute atomic E-state index is 0.333. The van der Waals surface area contributed by atoms with Crippen molar-refractivity contribution in [2.45, 2.75) is 12.3 Å². The van der Waals surface area contributed by atoms with Gasteiger partial charge in [-0.3, -0.25) is 5.32 Å². The predicted molar refractivity (Wildman–Crippen MR) is 55.7 cm³/mol. The molecular weight excluding hydrogens is 206 g/mol. The van der Waals surface area contributed by atoms with Crippen LogP contribution in [-0.4, -0.2) is 40.6 Å². The Morgan fingerprint density at radius 1 is 1.71 bits per heavy atom. The summed E-state index contributed by atoms with van der Waals surface area (Å²) >= 11 is 1.85. The first kappa shape index (κ1) is 13.1. The second-order valence-electron chi connectivity index (χ2n) is 2.39. The first-order valence-corrected chi connectivity index (χ1v) is 5.21. The Kier molecular flexibility index (Phi) is 7.04. The van der Waals surface area contributed by atoms with Crippen molar-refractivity contribution in [1.29, 1.82) is 0 Å². The molecule has 0 bridgehead atoms. The van der Waals surface area contributed by atoms with Gasteiger partial charge in [0.2, 0.25) is 0 Å². The molecule has 0 amide bonds. The summed E-state index contributed by atoms with van der Waals surface area (Å²) in [5, 5.41) is 17.6. The molecule has 0 aromatic heterocycles. The second kappa shape index (κ2) is 7.52. The Balaban J connectivity index is 0.000000364. The molecule has 14 heavy (non-hydrogen) atoms. The topological polar surface area (TPSA) is 78.8 Å². The van der Waals surface area contributed by atoms with E-state index in [9.17, 15) is 0 Å². The van der Waals surface area contributed by atoms with Crippen molar-refractivity contribution in [2.75, 3.05) is 18.9 Å². The summed E-state index contributed by atoms with van der Waals surface area (Å²) in [5.74, 6) is 2.03. The van der Waals surface area contributed by atoms with E-state index in [4.69, 9.17) is 19.7 Å². The van der Waals surface area contributed by atoms with Crippen molar-refractivity contribution in [2.24, 2.45) is 0 Å².